The van der Waals surface area contributed by atoms with Gasteiger partial charge in [-0.3, -0.25) is 4.79 Å². The van der Waals surface area contributed by atoms with Crippen molar-refractivity contribution in [1.29, 1.82) is 0 Å². The molecule has 5 nitrogen and oxygen atoms in total. The van der Waals surface area contributed by atoms with Gasteiger partial charge in [-0.1, -0.05) is 13.3 Å². The average molecular weight is 260 g/mol. The molecule has 0 saturated carbocycles. The zero-order valence-corrected chi connectivity index (χ0v) is 11.9. The summed E-state index contributed by atoms with van der Waals surface area (Å²) in [6, 6.07) is 2.11. The van der Waals surface area contributed by atoms with Crippen LogP contribution in [-0.4, -0.2) is 26.5 Å². The number of aryl methyl sites for hydroxylation is 2. The van der Waals surface area contributed by atoms with E-state index in [0.717, 1.165) is 24.2 Å². The van der Waals surface area contributed by atoms with Gasteiger partial charge in [0.25, 0.3) is 5.91 Å². The van der Waals surface area contributed by atoms with Gasteiger partial charge in [-0.05, 0) is 33.3 Å². The van der Waals surface area contributed by atoms with Crippen LogP contribution in [0.2, 0.25) is 0 Å². The van der Waals surface area contributed by atoms with Crippen LogP contribution >= 0.6 is 0 Å². The van der Waals surface area contributed by atoms with Crippen molar-refractivity contribution in [2.24, 2.45) is 0 Å². The van der Waals surface area contributed by atoms with E-state index in [1.807, 2.05) is 26.8 Å². The molecule has 1 atom stereocenters. The zero-order chi connectivity index (χ0) is 14.0. The first kappa shape index (κ1) is 13.5. The van der Waals surface area contributed by atoms with Gasteiger partial charge in [0.2, 0.25) is 0 Å². The smallest absolute Gasteiger partial charge is 0.256 e. The average Bonchev–Trinajstić information content (AvgIpc) is 2.72. The third kappa shape index (κ3) is 2.75. The Morgan fingerprint density at radius 3 is 2.89 bits per heavy atom. The number of rotatable bonds is 4. The molecule has 0 aliphatic heterocycles. The Kier molecular flexibility index (Phi) is 3.83. The lowest BCUT2D eigenvalue weighted by Gasteiger charge is -2.11. The molecule has 0 radical (unpaired) electrons. The third-order valence-corrected chi connectivity index (χ3v) is 3.12. The number of aromatic nitrogens is 3. The summed E-state index contributed by atoms with van der Waals surface area (Å²) in [4.78, 5) is 16.6. The van der Waals surface area contributed by atoms with E-state index >= 15 is 0 Å². The Morgan fingerprint density at radius 1 is 1.47 bits per heavy atom. The van der Waals surface area contributed by atoms with Crippen LogP contribution < -0.4 is 5.32 Å². The van der Waals surface area contributed by atoms with Gasteiger partial charge >= 0.3 is 0 Å². The van der Waals surface area contributed by atoms with Crippen LogP contribution in [0.4, 0.5) is 0 Å². The summed E-state index contributed by atoms with van der Waals surface area (Å²) in [6.45, 7) is 7.99. The fraction of sp³-hybridized carbons (Fsp3) is 0.500. The van der Waals surface area contributed by atoms with Crippen LogP contribution in [0, 0.1) is 13.8 Å². The minimum absolute atomic E-state index is 0.103. The third-order valence-electron chi connectivity index (χ3n) is 3.12. The second kappa shape index (κ2) is 5.38. The highest BCUT2D eigenvalue weighted by atomic mass is 16.1. The summed E-state index contributed by atoms with van der Waals surface area (Å²) in [5, 5.41) is 7.21. The van der Waals surface area contributed by atoms with Crippen molar-refractivity contribution in [3.8, 4) is 0 Å². The summed E-state index contributed by atoms with van der Waals surface area (Å²) < 4.78 is 1.70. The van der Waals surface area contributed by atoms with Crippen LogP contribution in [0.25, 0.3) is 5.65 Å². The second-order valence-corrected chi connectivity index (χ2v) is 5.00. The van der Waals surface area contributed by atoms with E-state index in [0.29, 0.717) is 11.2 Å². The first-order chi connectivity index (χ1) is 9.02. The van der Waals surface area contributed by atoms with Crippen molar-refractivity contribution in [2.45, 2.75) is 46.6 Å². The molecular weight excluding hydrogens is 240 g/mol. The van der Waals surface area contributed by atoms with Crippen molar-refractivity contribution in [2.75, 3.05) is 0 Å². The predicted molar refractivity (Wildman–Crippen MR) is 74.3 cm³/mol. The molecule has 2 aromatic heterocycles. The Morgan fingerprint density at radius 2 is 2.21 bits per heavy atom. The Bertz CT molecular complexity index is 603. The van der Waals surface area contributed by atoms with Crippen molar-refractivity contribution in [3.63, 3.8) is 0 Å². The molecule has 0 aromatic carbocycles. The molecule has 0 fully saturated rings. The maximum absolute atomic E-state index is 12.2. The Balaban J connectivity index is 2.32. The van der Waals surface area contributed by atoms with E-state index in [4.69, 9.17) is 0 Å². The number of hydrogen-bond acceptors (Lipinski definition) is 3. The fourth-order valence-corrected chi connectivity index (χ4v) is 2.24. The molecular formula is C14H20N4O. The summed E-state index contributed by atoms with van der Waals surface area (Å²) >= 11 is 0. The fourth-order valence-electron chi connectivity index (χ4n) is 2.24. The molecule has 0 spiro atoms. The van der Waals surface area contributed by atoms with Crippen LogP contribution in [0.1, 0.15) is 48.4 Å². The van der Waals surface area contributed by atoms with E-state index in [1.54, 1.807) is 10.7 Å². The SMILES string of the molecule is CCC[C@@H](C)NC(=O)c1cnn2c(C)cc(C)nc12. The van der Waals surface area contributed by atoms with Crippen LogP contribution in [0.5, 0.6) is 0 Å². The molecule has 5 heteroatoms. The van der Waals surface area contributed by atoms with Gasteiger partial charge in [0.05, 0.1) is 6.20 Å². The summed E-state index contributed by atoms with van der Waals surface area (Å²) in [5.74, 6) is -0.103. The number of carbonyl (C=O) groups is 1. The van der Waals surface area contributed by atoms with Gasteiger partial charge < -0.3 is 5.32 Å². The number of fused-ring (bicyclic) bond motifs is 1. The maximum atomic E-state index is 12.2. The second-order valence-electron chi connectivity index (χ2n) is 5.00. The molecule has 1 N–H and O–H groups in total. The van der Waals surface area contributed by atoms with Crippen molar-refractivity contribution in [1.82, 2.24) is 19.9 Å². The molecule has 2 heterocycles. The van der Waals surface area contributed by atoms with Gasteiger partial charge in [0.15, 0.2) is 5.65 Å². The number of amides is 1. The number of nitrogens with zero attached hydrogens (tertiary/aromatic N) is 3. The van der Waals surface area contributed by atoms with E-state index < -0.39 is 0 Å². The monoisotopic (exact) mass is 260 g/mol. The predicted octanol–water partition coefficient (Wildman–Crippen LogP) is 2.26. The normalized spacial score (nSPS) is 12.6. The molecule has 0 bridgehead atoms. The standard InChI is InChI=1S/C14H20N4O/c1-5-6-9(2)17-14(19)12-8-15-18-11(4)7-10(3)16-13(12)18/h7-9H,5-6H2,1-4H3,(H,17,19)/t9-/m1/s1. The first-order valence-corrected chi connectivity index (χ1v) is 6.65. The van der Waals surface area contributed by atoms with Crippen molar-refractivity contribution >= 4 is 11.6 Å². The highest BCUT2D eigenvalue weighted by Crippen LogP contribution is 2.12. The maximum Gasteiger partial charge on any atom is 0.256 e. The lowest BCUT2D eigenvalue weighted by atomic mass is 10.2. The molecule has 0 unspecified atom stereocenters. The Labute approximate surface area is 113 Å². The van der Waals surface area contributed by atoms with E-state index in [2.05, 4.69) is 22.3 Å². The largest absolute Gasteiger partial charge is 0.349 e. The quantitative estimate of drug-likeness (QED) is 0.917. The molecule has 2 aromatic rings. The van der Waals surface area contributed by atoms with E-state index in [1.165, 1.54) is 0 Å². The minimum atomic E-state index is -0.103. The first-order valence-electron chi connectivity index (χ1n) is 6.65. The lowest BCUT2D eigenvalue weighted by Crippen LogP contribution is -2.32. The molecule has 0 aliphatic rings. The van der Waals surface area contributed by atoms with Gasteiger partial charge in [-0.25, -0.2) is 9.50 Å². The number of carbonyl (C=O) groups excluding carboxylic acids is 1. The van der Waals surface area contributed by atoms with Crippen LogP contribution in [-0.2, 0) is 0 Å². The minimum Gasteiger partial charge on any atom is -0.349 e. The van der Waals surface area contributed by atoms with Crippen molar-refractivity contribution in [3.05, 3.63) is 29.2 Å². The van der Waals surface area contributed by atoms with Gasteiger partial charge in [-0.15, -0.1) is 0 Å². The number of hydrogen-bond donors (Lipinski definition) is 1. The highest BCUT2D eigenvalue weighted by molar-refractivity contribution is 5.99. The summed E-state index contributed by atoms with van der Waals surface area (Å²) in [5.41, 5.74) is 3.03. The molecule has 19 heavy (non-hydrogen) atoms. The van der Waals surface area contributed by atoms with E-state index in [9.17, 15) is 4.79 Å². The van der Waals surface area contributed by atoms with Crippen molar-refractivity contribution < 1.29 is 4.79 Å². The van der Waals surface area contributed by atoms with E-state index in [-0.39, 0.29) is 11.9 Å². The zero-order valence-electron chi connectivity index (χ0n) is 11.9. The van der Waals surface area contributed by atoms with Gasteiger partial charge in [0.1, 0.15) is 5.56 Å². The molecule has 2 rings (SSSR count). The van der Waals surface area contributed by atoms with Crippen LogP contribution in [0.15, 0.2) is 12.3 Å². The van der Waals surface area contributed by atoms with Gasteiger partial charge in [-0.2, -0.15) is 5.10 Å². The summed E-state index contributed by atoms with van der Waals surface area (Å²) in [7, 11) is 0. The Hall–Kier alpha value is -1.91. The molecule has 0 saturated heterocycles. The molecule has 1 amide bonds. The number of nitrogens with one attached hydrogen (secondary N) is 1. The summed E-state index contributed by atoms with van der Waals surface area (Å²) in [6.07, 6.45) is 3.60. The molecule has 102 valence electrons. The lowest BCUT2D eigenvalue weighted by molar-refractivity contribution is 0.0940. The van der Waals surface area contributed by atoms with Crippen LogP contribution in [0.3, 0.4) is 0 Å². The topological polar surface area (TPSA) is 59.3 Å². The molecule has 0 aliphatic carbocycles. The highest BCUT2D eigenvalue weighted by Gasteiger charge is 2.16. The van der Waals surface area contributed by atoms with Gasteiger partial charge in [0, 0.05) is 17.4 Å².